The van der Waals surface area contributed by atoms with E-state index in [9.17, 15) is 9.59 Å². The van der Waals surface area contributed by atoms with Gasteiger partial charge >= 0.3 is 0 Å². The number of piperidine rings is 1. The molecule has 1 amide bonds. The maximum atomic E-state index is 12.9. The minimum atomic E-state index is -0.650. The van der Waals surface area contributed by atoms with Crippen LogP contribution in [0.1, 0.15) is 37.3 Å². The SMILES string of the molecule is Cl.NC1(C(=O)N2C[C@@H]3C[C@H](C2)c2cc(-c4cccnc4)cc(=O)n2C3)CCC1. The van der Waals surface area contributed by atoms with Gasteiger partial charge in [-0.1, -0.05) is 6.07 Å². The van der Waals surface area contributed by atoms with Crippen molar-refractivity contribution >= 4 is 18.3 Å². The number of hydrogen-bond acceptors (Lipinski definition) is 4. The van der Waals surface area contributed by atoms with Crippen LogP contribution in [0.3, 0.4) is 0 Å². The molecule has 2 atom stereocenters. The largest absolute Gasteiger partial charge is 0.340 e. The van der Waals surface area contributed by atoms with Crippen LogP contribution in [-0.2, 0) is 11.3 Å². The van der Waals surface area contributed by atoms with Crippen molar-refractivity contribution in [2.45, 2.75) is 43.7 Å². The quantitative estimate of drug-likeness (QED) is 0.837. The Kier molecular flexibility index (Phi) is 4.79. The molecule has 2 bridgehead atoms. The average molecular weight is 401 g/mol. The van der Waals surface area contributed by atoms with Crippen LogP contribution in [0.5, 0.6) is 0 Å². The number of amides is 1. The first-order chi connectivity index (χ1) is 13.0. The predicted octanol–water partition coefficient (Wildman–Crippen LogP) is 2.16. The Hall–Kier alpha value is -2.18. The van der Waals surface area contributed by atoms with Crippen molar-refractivity contribution in [2.75, 3.05) is 13.1 Å². The topological polar surface area (TPSA) is 81.2 Å². The van der Waals surface area contributed by atoms with Gasteiger partial charge in [-0.25, -0.2) is 0 Å². The number of halogens is 1. The number of carbonyl (C=O) groups is 1. The molecule has 2 aromatic heterocycles. The molecular weight excluding hydrogens is 376 g/mol. The van der Waals surface area contributed by atoms with Crippen molar-refractivity contribution in [1.82, 2.24) is 14.5 Å². The van der Waals surface area contributed by atoms with Crippen molar-refractivity contribution in [3.8, 4) is 11.1 Å². The highest BCUT2D eigenvalue weighted by Gasteiger charge is 2.46. The molecule has 2 N–H and O–H groups in total. The molecule has 2 fully saturated rings. The second-order valence-corrected chi connectivity index (χ2v) is 8.38. The molecule has 1 saturated heterocycles. The van der Waals surface area contributed by atoms with Crippen LogP contribution in [0, 0.1) is 5.92 Å². The summed E-state index contributed by atoms with van der Waals surface area (Å²) in [5.41, 5.74) is 8.56. The van der Waals surface area contributed by atoms with Crippen LogP contribution in [0.25, 0.3) is 11.1 Å². The smallest absolute Gasteiger partial charge is 0.251 e. The van der Waals surface area contributed by atoms with Crippen LogP contribution < -0.4 is 11.3 Å². The van der Waals surface area contributed by atoms with Crippen LogP contribution in [0.2, 0.25) is 0 Å². The summed E-state index contributed by atoms with van der Waals surface area (Å²) in [6, 6.07) is 7.65. The third-order valence-electron chi connectivity index (χ3n) is 6.51. The molecule has 5 rings (SSSR count). The van der Waals surface area contributed by atoms with E-state index in [0.29, 0.717) is 25.6 Å². The highest BCUT2D eigenvalue weighted by Crippen LogP contribution is 2.39. The number of likely N-dealkylation sites (tertiary alicyclic amines) is 1. The van der Waals surface area contributed by atoms with Gasteiger partial charge in [0, 0.05) is 55.3 Å². The lowest BCUT2D eigenvalue weighted by atomic mass is 9.75. The number of nitrogens with zero attached hydrogens (tertiary/aromatic N) is 3. The molecule has 4 heterocycles. The molecule has 148 valence electrons. The molecule has 0 spiro atoms. The third kappa shape index (κ3) is 3.05. The van der Waals surface area contributed by atoms with Gasteiger partial charge in [0.05, 0.1) is 5.54 Å². The van der Waals surface area contributed by atoms with Gasteiger partial charge in [-0.3, -0.25) is 14.6 Å². The number of pyridine rings is 2. The molecule has 3 aliphatic rings. The van der Waals surface area contributed by atoms with Crippen molar-refractivity contribution in [3.05, 3.63) is 52.7 Å². The zero-order chi connectivity index (χ0) is 18.6. The number of fused-ring (bicyclic) bond motifs is 4. The lowest BCUT2D eigenvalue weighted by Crippen LogP contribution is -2.62. The molecule has 2 aromatic rings. The van der Waals surface area contributed by atoms with E-state index in [-0.39, 0.29) is 29.8 Å². The summed E-state index contributed by atoms with van der Waals surface area (Å²) in [6.45, 7) is 2.05. The Labute approximate surface area is 170 Å². The fourth-order valence-corrected chi connectivity index (χ4v) is 4.91. The van der Waals surface area contributed by atoms with Crippen LogP contribution in [0.4, 0.5) is 0 Å². The summed E-state index contributed by atoms with van der Waals surface area (Å²) < 4.78 is 1.90. The highest BCUT2D eigenvalue weighted by atomic mass is 35.5. The summed E-state index contributed by atoms with van der Waals surface area (Å²) in [7, 11) is 0. The van der Waals surface area contributed by atoms with Gasteiger partial charge in [-0.2, -0.15) is 0 Å². The molecule has 2 aliphatic heterocycles. The highest BCUT2D eigenvalue weighted by molar-refractivity contribution is 5.87. The minimum absolute atomic E-state index is 0. The summed E-state index contributed by atoms with van der Waals surface area (Å²) in [5.74, 6) is 0.614. The number of rotatable bonds is 2. The fourth-order valence-electron chi connectivity index (χ4n) is 4.91. The zero-order valence-corrected chi connectivity index (χ0v) is 16.5. The number of nitrogens with two attached hydrogens (primary N) is 1. The lowest BCUT2D eigenvalue weighted by molar-refractivity contribution is -0.143. The van der Waals surface area contributed by atoms with E-state index in [0.717, 1.165) is 42.5 Å². The van der Waals surface area contributed by atoms with Crippen LogP contribution in [-0.4, -0.2) is 39.0 Å². The van der Waals surface area contributed by atoms with E-state index in [4.69, 9.17) is 5.73 Å². The lowest BCUT2D eigenvalue weighted by Gasteiger charge is -2.47. The normalized spacial score (nSPS) is 24.5. The third-order valence-corrected chi connectivity index (χ3v) is 6.51. The predicted molar refractivity (Wildman–Crippen MR) is 109 cm³/mol. The standard InChI is InChI=1S/C21H24N4O2.ClH/c22-21(4-2-5-21)20(27)24-11-14-7-17(13-24)18-8-16(9-19(26)25(18)12-14)15-3-1-6-23-10-15;/h1,3,6,8-10,14,17H,2,4-5,7,11-13,22H2;1H/t14-,17+;/m0./s1. The Balaban J connectivity index is 0.00000192. The van der Waals surface area contributed by atoms with Gasteiger partial charge in [0.15, 0.2) is 0 Å². The van der Waals surface area contributed by atoms with E-state index < -0.39 is 5.54 Å². The first kappa shape index (κ1) is 19.2. The Morgan fingerprint density at radius 3 is 2.68 bits per heavy atom. The van der Waals surface area contributed by atoms with Crippen molar-refractivity contribution < 1.29 is 4.79 Å². The summed E-state index contributed by atoms with van der Waals surface area (Å²) >= 11 is 0. The van der Waals surface area contributed by atoms with Gasteiger partial charge in [0.25, 0.3) is 5.56 Å². The molecule has 0 unspecified atom stereocenters. The molecular formula is C21H25ClN4O2. The van der Waals surface area contributed by atoms with E-state index in [1.807, 2.05) is 21.6 Å². The van der Waals surface area contributed by atoms with Crippen molar-refractivity contribution in [3.63, 3.8) is 0 Å². The number of carbonyl (C=O) groups excluding carboxylic acids is 1. The molecule has 1 saturated carbocycles. The van der Waals surface area contributed by atoms with Gasteiger partial charge < -0.3 is 15.2 Å². The van der Waals surface area contributed by atoms with Crippen LogP contribution >= 0.6 is 12.4 Å². The zero-order valence-electron chi connectivity index (χ0n) is 15.7. The van der Waals surface area contributed by atoms with Gasteiger partial charge in [-0.05, 0) is 49.3 Å². The van der Waals surface area contributed by atoms with Gasteiger partial charge in [0.1, 0.15) is 0 Å². The number of hydrogen-bond donors (Lipinski definition) is 1. The average Bonchev–Trinajstić information content (AvgIpc) is 2.66. The van der Waals surface area contributed by atoms with E-state index in [2.05, 4.69) is 11.1 Å². The molecule has 0 aromatic carbocycles. The molecule has 6 nitrogen and oxygen atoms in total. The van der Waals surface area contributed by atoms with E-state index in [1.165, 1.54) is 0 Å². The first-order valence-corrected chi connectivity index (χ1v) is 9.77. The molecule has 28 heavy (non-hydrogen) atoms. The summed E-state index contributed by atoms with van der Waals surface area (Å²) in [5, 5.41) is 0. The van der Waals surface area contributed by atoms with E-state index >= 15 is 0 Å². The van der Waals surface area contributed by atoms with E-state index in [1.54, 1.807) is 18.5 Å². The molecule has 7 heteroatoms. The first-order valence-electron chi connectivity index (χ1n) is 9.77. The maximum Gasteiger partial charge on any atom is 0.251 e. The maximum absolute atomic E-state index is 12.9. The minimum Gasteiger partial charge on any atom is -0.340 e. The molecule has 1 aliphatic carbocycles. The molecule has 0 radical (unpaired) electrons. The monoisotopic (exact) mass is 400 g/mol. The second kappa shape index (κ2) is 7.01. The van der Waals surface area contributed by atoms with Crippen molar-refractivity contribution in [1.29, 1.82) is 0 Å². The second-order valence-electron chi connectivity index (χ2n) is 8.38. The van der Waals surface area contributed by atoms with Crippen LogP contribution in [0.15, 0.2) is 41.5 Å². The fraction of sp³-hybridized carbons (Fsp3) is 0.476. The van der Waals surface area contributed by atoms with Crippen molar-refractivity contribution in [2.24, 2.45) is 11.7 Å². The number of aromatic nitrogens is 2. The van der Waals surface area contributed by atoms with Gasteiger partial charge in [0.2, 0.25) is 5.91 Å². The summed E-state index contributed by atoms with van der Waals surface area (Å²) in [6.07, 6.45) is 7.15. The summed E-state index contributed by atoms with van der Waals surface area (Å²) in [4.78, 5) is 31.8. The van der Waals surface area contributed by atoms with Gasteiger partial charge in [-0.15, -0.1) is 12.4 Å². The Bertz CT molecular complexity index is 955. The Morgan fingerprint density at radius 2 is 2.00 bits per heavy atom. The Morgan fingerprint density at radius 1 is 1.18 bits per heavy atom.